The standard InChI is InChI=1S/C66H72O12/c1-3-70-65(67)66(40-57-60(74-45-53-33-19-8-20-34-53)62(75-46-54-35-21-9-22-36-54)63(64(68-2)77-57)76-47-55-37-23-10-24-38-55)39-56(71-42-50-27-13-5-14-28-50)59(73-44-52-31-17-7-18-32-52)61(78-66)58(72-43-51-29-15-6-16-30-51)48-69-41-49-25-11-4-12-26-49/h4-38,56-64H,3,39-48H2,1-2H3/t56-,57-,58-,59-,60-,61-,62+,63-,64+,66+/m1/s1. The van der Waals surface area contributed by atoms with Gasteiger partial charge in [-0.3, -0.25) is 0 Å². The lowest BCUT2D eigenvalue weighted by molar-refractivity contribution is -0.331. The fourth-order valence-corrected chi connectivity index (χ4v) is 10.1. The molecule has 0 radical (unpaired) electrons. The summed E-state index contributed by atoms with van der Waals surface area (Å²) in [7, 11) is 1.58. The Kier molecular flexibility index (Phi) is 21.3. The second-order valence-electron chi connectivity index (χ2n) is 19.7. The van der Waals surface area contributed by atoms with Gasteiger partial charge in [0.2, 0.25) is 0 Å². The lowest BCUT2D eigenvalue weighted by Crippen LogP contribution is -2.67. The van der Waals surface area contributed by atoms with Gasteiger partial charge in [-0.15, -0.1) is 0 Å². The minimum atomic E-state index is -1.76. The molecule has 2 saturated heterocycles. The lowest BCUT2D eigenvalue weighted by atomic mass is 9.80. The molecule has 0 N–H and O–H groups in total. The quantitative estimate of drug-likeness (QED) is 0.0435. The van der Waals surface area contributed by atoms with Crippen LogP contribution in [0.15, 0.2) is 212 Å². The highest BCUT2D eigenvalue weighted by molar-refractivity contribution is 5.80. The van der Waals surface area contributed by atoms with Crippen LogP contribution >= 0.6 is 0 Å². The van der Waals surface area contributed by atoms with Crippen molar-refractivity contribution in [2.24, 2.45) is 0 Å². The fourth-order valence-electron chi connectivity index (χ4n) is 10.1. The van der Waals surface area contributed by atoms with E-state index in [1.165, 1.54) is 0 Å². The van der Waals surface area contributed by atoms with Crippen LogP contribution in [0.25, 0.3) is 0 Å². The average Bonchev–Trinajstić information content (AvgIpc) is 3.55. The van der Waals surface area contributed by atoms with Gasteiger partial charge >= 0.3 is 5.97 Å². The van der Waals surface area contributed by atoms with Gasteiger partial charge in [-0.2, -0.15) is 0 Å². The zero-order valence-electron chi connectivity index (χ0n) is 44.6. The summed E-state index contributed by atoms with van der Waals surface area (Å²) in [6.45, 7) is 3.57. The van der Waals surface area contributed by atoms with Crippen molar-refractivity contribution in [1.29, 1.82) is 0 Å². The van der Waals surface area contributed by atoms with Crippen molar-refractivity contribution in [3.05, 3.63) is 251 Å². The number of esters is 1. The van der Waals surface area contributed by atoms with Gasteiger partial charge in [-0.25, -0.2) is 4.79 Å². The molecule has 408 valence electrons. The van der Waals surface area contributed by atoms with E-state index in [-0.39, 0.29) is 65.7 Å². The molecule has 12 heteroatoms. The summed E-state index contributed by atoms with van der Waals surface area (Å²) < 4.78 is 75.7. The topological polar surface area (TPSA) is 119 Å². The highest BCUT2D eigenvalue weighted by Crippen LogP contribution is 2.43. The highest BCUT2D eigenvalue weighted by Gasteiger charge is 2.59. The number of carbonyl (C=O) groups is 1. The summed E-state index contributed by atoms with van der Waals surface area (Å²) in [5.74, 6) is -0.597. The third-order valence-corrected chi connectivity index (χ3v) is 14.1. The minimum absolute atomic E-state index is 0.0112. The van der Waals surface area contributed by atoms with Crippen LogP contribution in [-0.4, -0.2) is 87.0 Å². The van der Waals surface area contributed by atoms with Gasteiger partial charge in [-0.1, -0.05) is 212 Å². The van der Waals surface area contributed by atoms with Gasteiger partial charge in [0, 0.05) is 20.0 Å². The second kappa shape index (κ2) is 29.5. The maximum atomic E-state index is 15.5. The molecular weight excluding hydrogens is 985 g/mol. The van der Waals surface area contributed by atoms with Gasteiger partial charge in [0.15, 0.2) is 11.9 Å². The maximum absolute atomic E-state index is 15.5. The van der Waals surface area contributed by atoms with E-state index in [0.29, 0.717) is 6.61 Å². The molecule has 0 spiro atoms. The molecule has 2 aliphatic heterocycles. The Hall–Kier alpha value is -6.39. The van der Waals surface area contributed by atoms with E-state index in [9.17, 15) is 0 Å². The molecule has 0 amide bonds. The van der Waals surface area contributed by atoms with E-state index in [2.05, 4.69) is 0 Å². The van der Waals surface area contributed by atoms with Gasteiger partial charge in [0.05, 0.1) is 71.7 Å². The predicted molar refractivity (Wildman–Crippen MR) is 295 cm³/mol. The van der Waals surface area contributed by atoms with E-state index in [0.717, 1.165) is 38.9 Å². The molecule has 0 bridgehead atoms. The predicted octanol–water partition coefficient (Wildman–Crippen LogP) is 11.6. The lowest BCUT2D eigenvalue weighted by Gasteiger charge is -2.51. The van der Waals surface area contributed by atoms with Crippen molar-refractivity contribution in [2.45, 2.75) is 127 Å². The maximum Gasteiger partial charge on any atom is 0.338 e. The van der Waals surface area contributed by atoms with Crippen LogP contribution in [0.1, 0.15) is 58.7 Å². The van der Waals surface area contributed by atoms with Gasteiger partial charge < -0.3 is 52.1 Å². The van der Waals surface area contributed by atoms with Crippen molar-refractivity contribution in [2.75, 3.05) is 20.3 Å². The molecule has 7 aromatic carbocycles. The third kappa shape index (κ3) is 15.9. The van der Waals surface area contributed by atoms with Crippen molar-refractivity contribution < 1.29 is 56.9 Å². The number of methoxy groups -OCH3 is 1. The average molecular weight is 1060 g/mol. The van der Waals surface area contributed by atoms with Crippen molar-refractivity contribution in [3.63, 3.8) is 0 Å². The first-order valence-corrected chi connectivity index (χ1v) is 27.0. The summed E-state index contributed by atoms with van der Waals surface area (Å²) in [5, 5.41) is 0. The molecule has 78 heavy (non-hydrogen) atoms. The molecule has 0 saturated carbocycles. The van der Waals surface area contributed by atoms with Gasteiger partial charge in [0.25, 0.3) is 0 Å². The monoisotopic (exact) mass is 1060 g/mol. The van der Waals surface area contributed by atoms with Crippen LogP contribution in [0.3, 0.4) is 0 Å². The Morgan fingerprint density at radius 2 is 0.872 bits per heavy atom. The number of benzene rings is 7. The SMILES string of the molecule is CCOC(=O)[C@@]1(C[C@H]2O[C@H](OC)[C@H](OCc3ccccc3)[C@@H](OCc3ccccc3)[C@@H]2OCc2ccccc2)C[C@@H](OCc2ccccc2)[C@@H](OCc2ccccc2)[C@@H]([C@@H](COCc2ccccc2)OCc2ccccc2)O1. The number of hydrogen-bond acceptors (Lipinski definition) is 12. The molecule has 0 aliphatic carbocycles. The first-order chi connectivity index (χ1) is 38.5. The van der Waals surface area contributed by atoms with Crippen LogP contribution in [-0.2, 0) is 103 Å². The summed E-state index contributed by atoms with van der Waals surface area (Å²) in [6, 6.07) is 69.7. The van der Waals surface area contributed by atoms with E-state index < -0.39 is 66.7 Å². The summed E-state index contributed by atoms with van der Waals surface area (Å²) in [4.78, 5) is 15.5. The number of ether oxygens (including phenoxy) is 11. The van der Waals surface area contributed by atoms with Gasteiger partial charge in [0.1, 0.15) is 36.6 Å². The largest absolute Gasteiger partial charge is 0.464 e. The molecule has 2 heterocycles. The first-order valence-electron chi connectivity index (χ1n) is 27.0. The number of hydrogen-bond donors (Lipinski definition) is 0. The van der Waals surface area contributed by atoms with Crippen molar-refractivity contribution in [3.8, 4) is 0 Å². The zero-order valence-corrected chi connectivity index (χ0v) is 44.6. The first kappa shape index (κ1) is 56.3. The van der Waals surface area contributed by atoms with E-state index in [1.807, 2.05) is 212 Å². The van der Waals surface area contributed by atoms with Crippen LogP contribution in [0.4, 0.5) is 0 Å². The molecule has 9 rings (SSSR count). The van der Waals surface area contributed by atoms with Gasteiger partial charge in [-0.05, 0) is 45.9 Å². The Morgan fingerprint density at radius 1 is 0.487 bits per heavy atom. The van der Waals surface area contributed by atoms with Crippen LogP contribution in [0, 0.1) is 0 Å². The van der Waals surface area contributed by atoms with Crippen LogP contribution in [0.5, 0.6) is 0 Å². The summed E-state index contributed by atoms with van der Waals surface area (Å²) in [5.41, 5.74) is 4.92. The minimum Gasteiger partial charge on any atom is -0.464 e. The smallest absolute Gasteiger partial charge is 0.338 e. The summed E-state index contributed by atoms with van der Waals surface area (Å²) >= 11 is 0. The molecule has 0 aromatic heterocycles. The molecule has 0 unspecified atom stereocenters. The highest BCUT2D eigenvalue weighted by atomic mass is 16.7. The Bertz CT molecular complexity index is 2760. The number of carbonyl (C=O) groups excluding carboxylic acids is 1. The Labute approximate surface area is 459 Å². The fraction of sp³-hybridized carbons (Fsp3) is 0.348. The van der Waals surface area contributed by atoms with Crippen LogP contribution in [0.2, 0.25) is 0 Å². The van der Waals surface area contributed by atoms with Crippen molar-refractivity contribution in [1.82, 2.24) is 0 Å². The normalized spacial score (nSPS) is 23.6. The van der Waals surface area contributed by atoms with E-state index in [1.54, 1.807) is 14.0 Å². The zero-order chi connectivity index (χ0) is 53.6. The van der Waals surface area contributed by atoms with E-state index >= 15 is 4.79 Å². The van der Waals surface area contributed by atoms with Crippen molar-refractivity contribution >= 4 is 5.97 Å². The van der Waals surface area contributed by atoms with Crippen LogP contribution < -0.4 is 0 Å². The Balaban J connectivity index is 1.14. The molecular formula is C66H72O12. The Morgan fingerprint density at radius 3 is 1.31 bits per heavy atom. The molecule has 2 fully saturated rings. The molecule has 7 aromatic rings. The second-order valence-corrected chi connectivity index (χ2v) is 19.7. The third-order valence-electron chi connectivity index (χ3n) is 14.1. The summed E-state index contributed by atoms with van der Waals surface area (Å²) in [6.07, 6.45) is -7.76. The number of rotatable bonds is 28. The molecule has 10 atom stereocenters. The molecule has 12 nitrogen and oxygen atoms in total. The van der Waals surface area contributed by atoms with E-state index in [4.69, 9.17) is 52.1 Å². The molecule has 2 aliphatic rings.